The van der Waals surface area contributed by atoms with Crippen LogP contribution in [0.2, 0.25) is 0 Å². The van der Waals surface area contributed by atoms with Gasteiger partial charge in [-0.25, -0.2) is 15.0 Å². The lowest BCUT2D eigenvalue weighted by atomic mass is 9.95. The Morgan fingerprint density at radius 2 is 0.905 bits per heavy atom. The van der Waals surface area contributed by atoms with Crippen molar-refractivity contribution in [2.45, 2.75) is 0 Å². The number of furan rings is 2. The zero-order chi connectivity index (χ0) is 41.4. The summed E-state index contributed by atoms with van der Waals surface area (Å²) in [5.74, 6) is 1.63. The predicted octanol–water partition coefficient (Wildman–Crippen LogP) is 15.1. The van der Waals surface area contributed by atoms with E-state index in [0.717, 1.165) is 88.4 Å². The van der Waals surface area contributed by atoms with Gasteiger partial charge in [0, 0.05) is 49.1 Å². The molecule has 0 aliphatic heterocycles. The molecule has 0 unspecified atom stereocenters. The summed E-state index contributed by atoms with van der Waals surface area (Å²) in [7, 11) is 0. The van der Waals surface area contributed by atoms with Gasteiger partial charge in [0.05, 0.1) is 16.6 Å². The van der Waals surface area contributed by atoms with Gasteiger partial charge in [0.2, 0.25) is 0 Å². The first kappa shape index (κ1) is 35.2. The largest absolute Gasteiger partial charge is 0.456 e. The van der Waals surface area contributed by atoms with Crippen molar-refractivity contribution in [3.8, 4) is 62.1 Å². The molecule has 13 rings (SSSR count). The highest BCUT2D eigenvalue weighted by Crippen LogP contribution is 2.44. The molecule has 0 fully saturated rings. The number of aromatic nitrogens is 4. The van der Waals surface area contributed by atoms with Crippen molar-refractivity contribution >= 4 is 65.7 Å². The van der Waals surface area contributed by atoms with Gasteiger partial charge < -0.3 is 13.4 Å². The van der Waals surface area contributed by atoms with Gasteiger partial charge in [-0.1, -0.05) is 146 Å². The van der Waals surface area contributed by atoms with E-state index >= 15 is 0 Å². The predicted molar refractivity (Wildman–Crippen MR) is 256 cm³/mol. The van der Waals surface area contributed by atoms with E-state index in [0.29, 0.717) is 23.1 Å². The third-order valence-electron chi connectivity index (χ3n) is 12.2. The van der Waals surface area contributed by atoms with E-state index in [1.54, 1.807) is 0 Å². The molecule has 0 atom stereocenters. The molecule has 0 amide bonds. The maximum atomic E-state index is 7.03. The summed E-state index contributed by atoms with van der Waals surface area (Å²) < 4.78 is 15.6. The Bertz CT molecular complexity index is 3870. The molecule has 294 valence electrons. The molecule has 0 N–H and O–H groups in total. The topological polar surface area (TPSA) is 69.9 Å². The number of nitrogens with zero attached hydrogens (tertiary/aromatic N) is 4. The first-order valence-electron chi connectivity index (χ1n) is 21.1. The third kappa shape index (κ3) is 5.69. The zero-order valence-electron chi connectivity index (χ0n) is 33.7. The van der Waals surface area contributed by atoms with Crippen LogP contribution in [0.15, 0.2) is 215 Å². The standard InChI is InChI=1S/C57H34N4O2/c1-3-15-35(16-4-1)37-19-13-20-38(31-37)41-24-14-28-52-53(41)46-33-40(61-48-25-10-7-21-42(48)43-22-8-11-26-49(43)61)34-47(54(46)63-52)57-59-55(36-17-5-2-6-18-36)58-56(60-57)39-29-30-51-45(32-39)44-23-9-12-27-50(44)62-51/h1-34H. The van der Waals surface area contributed by atoms with E-state index in [9.17, 15) is 0 Å². The molecule has 4 aromatic heterocycles. The van der Waals surface area contributed by atoms with Gasteiger partial charge in [-0.05, 0) is 82.9 Å². The van der Waals surface area contributed by atoms with Crippen LogP contribution in [0.1, 0.15) is 0 Å². The zero-order valence-corrected chi connectivity index (χ0v) is 33.7. The van der Waals surface area contributed by atoms with Crippen LogP contribution in [0.25, 0.3) is 128 Å². The van der Waals surface area contributed by atoms with Crippen molar-refractivity contribution in [3.63, 3.8) is 0 Å². The normalized spacial score (nSPS) is 11.8. The Balaban J connectivity index is 1.11. The van der Waals surface area contributed by atoms with Crippen LogP contribution in [-0.4, -0.2) is 19.5 Å². The fraction of sp³-hybridized carbons (Fsp3) is 0. The van der Waals surface area contributed by atoms with E-state index in [2.05, 4.69) is 150 Å². The molecule has 13 aromatic rings. The molecule has 0 spiro atoms. The van der Waals surface area contributed by atoms with E-state index < -0.39 is 0 Å². The molecule has 0 saturated heterocycles. The third-order valence-corrected chi connectivity index (χ3v) is 12.2. The molecule has 6 nitrogen and oxygen atoms in total. The SMILES string of the molecule is c1ccc(-c2cccc(-c3cccc4oc5c(-c6nc(-c7ccccc7)nc(-c7ccc8oc9ccccc9c8c7)n6)cc(-n6c7ccccc7c7ccccc76)cc5c34)c2)cc1. The lowest BCUT2D eigenvalue weighted by Crippen LogP contribution is -2.01. The van der Waals surface area contributed by atoms with Crippen molar-refractivity contribution in [2.24, 2.45) is 0 Å². The minimum atomic E-state index is 0.510. The summed E-state index contributed by atoms with van der Waals surface area (Å²) in [6, 6.07) is 71.6. The summed E-state index contributed by atoms with van der Waals surface area (Å²) in [4.78, 5) is 15.8. The van der Waals surface area contributed by atoms with Crippen molar-refractivity contribution in [1.29, 1.82) is 0 Å². The number of hydrogen-bond donors (Lipinski definition) is 0. The van der Waals surface area contributed by atoms with Crippen molar-refractivity contribution in [1.82, 2.24) is 19.5 Å². The molecule has 0 aliphatic carbocycles. The number of hydrogen-bond acceptors (Lipinski definition) is 5. The molecule has 0 aliphatic rings. The van der Waals surface area contributed by atoms with Crippen LogP contribution in [0.3, 0.4) is 0 Å². The first-order valence-corrected chi connectivity index (χ1v) is 21.1. The fourth-order valence-corrected chi connectivity index (χ4v) is 9.35. The highest BCUT2D eigenvalue weighted by Gasteiger charge is 2.23. The molecule has 4 heterocycles. The molecule has 63 heavy (non-hydrogen) atoms. The van der Waals surface area contributed by atoms with E-state index in [1.807, 2.05) is 60.7 Å². The average Bonchev–Trinajstić information content (AvgIpc) is 4.04. The maximum Gasteiger partial charge on any atom is 0.167 e. The Morgan fingerprint density at radius 1 is 0.317 bits per heavy atom. The molecular formula is C57H34N4O2. The Hall–Kier alpha value is -8.61. The smallest absolute Gasteiger partial charge is 0.167 e. The molecule has 0 bridgehead atoms. The molecule has 9 aromatic carbocycles. The van der Waals surface area contributed by atoms with E-state index in [4.69, 9.17) is 23.8 Å². The van der Waals surface area contributed by atoms with Crippen molar-refractivity contribution in [2.75, 3.05) is 0 Å². The minimum absolute atomic E-state index is 0.510. The van der Waals surface area contributed by atoms with Crippen LogP contribution in [0.4, 0.5) is 0 Å². The molecule has 0 radical (unpaired) electrons. The number of para-hydroxylation sites is 3. The molecular weight excluding hydrogens is 773 g/mol. The van der Waals surface area contributed by atoms with Crippen molar-refractivity contribution in [3.05, 3.63) is 206 Å². The fourth-order valence-electron chi connectivity index (χ4n) is 9.35. The van der Waals surface area contributed by atoms with Gasteiger partial charge in [-0.3, -0.25) is 0 Å². The Labute approximate surface area is 361 Å². The second-order valence-corrected chi connectivity index (χ2v) is 15.9. The van der Waals surface area contributed by atoms with Crippen LogP contribution in [0, 0.1) is 0 Å². The summed E-state index contributed by atoms with van der Waals surface area (Å²) in [5.41, 5.74) is 13.3. The lowest BCUT2D eigenvalue weighted by molar-refractivity contribution is 0.669. The van der Waals surface area contributed by atoms with Gasteiger partial charge in [-0.15, -0.1) is 0 Å². The number of fused-ring (bicyclic) bond motifs is 9. The molecule has 6 heteroatoms. The first-order chi connectivity index (χ1) is 31.2. The maximum absolute atomic E-state index is 7.03. The Morgan fingerprint density at radius 3 is 1.68 bits per heavy atom. The van der Waals surface area contributed by atoms with Crippen LogP contribution in [0.5, 0.6) is 0 Å². The van der Waals surface area contributed by atoms with Gasteiger partial charge in [0.15, 0.2) is 17.5 Å². The van der Waals surface area contributed by atoms with Gasteiger partial charge in [0.1, 0.15) is 22.3 Å². The summed E-state index contributed by atoms with van der Waals surface area (Å²) >= 11 is 0. The Kier molecular flexibility index (Phi) is 7.80. The number of benzene rings is 9. The monoisotopic (exact) mass is 806 g/mol. The lowest BCUT2D eigenvalue weighted by Gasteiger charge is -2.13. The van der Waals surface area contributed by atoms with Crippen LogP contribution >= 0.6 is 0 Å². The van der Waals surface area contributed by atoms with Gasteiger partial charge >= 0.3 is 0 Å². The average molecular weight is 807 g/mol. The summed E-state index contributed by atoms with van der Waals surface area (Å²) in [6.07, 6.45) is 0. The second kappa shape index (κ2) is 14.0. The second-order valence-electron chi connectivity index (χ2n) is 15.9. The highest BCUT2D eigenvalue weighted by molar-refractivity contribution is 6.17. The van der Waals surface area contributed by atoms with Crippen LogP contribution < -0.4 is 0 Å². The van der Waals surface area contributed by atoms with E-state index in [1.165, 1.54) is 16.3 Å². The quantitative estimate of drug-likeness (QED) is 0.167. The summed E-state index contributed by atoms with van der Waals surface area (Å²) in [5, 5.41) is 6.40. The minimum Gasteiger partial charge on any atom is -0.456 e. The van der Waals surface area contributed by atoms with Crippen LogP contribution in [-0.2, 0) is 0 Å². The number of rotatable bonds is 6. The van der Waals surface area contributed by atoms with Gasteiger partial charge in [-0.2, -0.15) is 0 Å². The van der Waals surface area contributed by atoms with E-state index in [-0.39, 0.29) is 0 Å². The summed E-state index contributed by atoms with van der Waals surface area (Å²) in [6.45, 7) is 0. The van der Waals surface area contributed by atoms with Gasteiger partial charge in [0.25, 0.3) is 0 Å². The highest BCUT2D eigenvalue weighted by atomic mass is 16.3. The van der Waals surface area contributed by atoms with Crippen molar-refractivity contribution < 1.29 is 8.83 Å². The molecule has 0 saturated carbocycles.